The molecule has 0 saturated heterocycles. The molecular formula is C22H14F5N3O3. The van der Waals surface area contributed by atoms with E-state index in [9.17, 15) is 26.7 Å². The van der Waals surface area contributed by atoms with E-state index in [4.69, 9.17) is 9.15 Å². The standard InChI is InChI=1S/C22H14F5N3O3/c23-16-17(24)19(26)21(20(27)18(16)25)32-11-14-5-6-15(33-14)22(31)29-13-4-1-3-12(9-13)10-30-8-2-7-28-30/h1-9H,10-11H2,(H,29,31). The normalized spacial score (nSPS) is 10.9. The highest BCUT2D eigenvalue weighted by Gasteiger charge is 2.27. The van der Waals surface area contributed by atoms with E-state index in [0.717, 1.165) is 5.56 Å². The average Bonchev–Trinajstić information content (AvgIpc) is 3.49. The fourth-order valence-electron chi connectivity index (χ4n) is 2.95. The van der Waals surface area contributed by atoms with Gasteiger partial charge in [-0.3, -0.25) is 9.48 Å². The van der Waals surface area contributed by atoms with E-state index in [-0.39, 0.29) is 11.5 Å². The van der Waals surface area contributed by atoms with Crippen LogP contribution in [0.5, 0.6) is 5.75 Å². The highest BCUT2D eigenvalue weighted by molar-refractivity contribution is 6.02. The number of nitrogens with one attached hydrogen (secondary N) is 1. The van der Waals surface area contributed by atoms with E-state index < -0.39 is 47.3 Å². The minimum atomic E-state index is -2.29. The molecule has 0 aliphatic carbocycles. The first-order valence-electron chi connectivity index (χ1n) is 9.44. The van der Waals surface area contributed by atoms with Crippen LogP contribution in [0.25, 0.3) is 0 Å². The van der Waals surface area contributed by atoms with Crippen molar-refractivity contribution >= 4 is 11.6 Å². The number of benzene rings is 2. The van der Waals surface area contributed by atoms with Crippen molar-refractivity contribution in [1.82, 2.24) is 9.78 Å². The van der Waals surface area contributed by atoms with Gasteiger partial charge in [-0.2, -0.15) is 13.9 Å². The first-order chi connectivity index (χ1) is 15.8. The van der Waals surface area contributed by atoms with Crippen LogP contribution >= 0.6 is 0 Å². The second-order valence-electron chi connectivity index (χ2n) is 6.81. The lowest BCUT2D eigenvalue weighted by molar-refractivity contribution is 0.0992. The summed E-state index contributed by atoms with van der Waals surface area (Å²) in [6.07, 6.45) is 3.44. The first-order valence-corrected chi connectivity index (χ1v) is 9.44. The van der Waals surface area contributed by atoms with Gasteiger partial charge in [0.15, 0.2) is 11.5 Å². The summed E-state index contributed by atoms with van der Waals surface area (Å²) in [6.45, 7) is -0.179. The number of amides is 1. The van der Waals surface area contributed by atoms with Crippen LogP contribution < -0.4 is 10.1 Å². The van der Waals surface area contributed by atoms with Gasteiger partial charge in [-0.15, -0.1) is 0 Å². The Morgan fingerprint density at radius 3 is 2.39 bits per heavy atom. The van der Waals surface area contributed by atoms with Crippen LogP contribution in [-0.2, 0) is 13.2 Å². The number of hydrogen-bond acceptors (Lipinski definition) is 4. The SMILES string of the molecule is O=C(Nc1cccc(Cn2cccn2)c1)c1ccc(COc2c(F)c(F)c(F)c(F)c2F)o1. The molecular weight excluding hydrogens is 449 g/mol. The molecule has 33 heavy (non-hydrogen) atoms. The van der Waals surface area contributed by atoms with Gasteiger partial charge in [0, 0.05) is 18.1 Å². The number of ether oxygens (including phenoxy) is 1. The quantitative estimate of drug-likeness (QED) is 0.237. The first kappa shape index (κ1) is 22.1. The number of halogens is 5. The molecule has 0 saturated carbocycles. The molecule has 0 aliphatic heterocycles. The number of carbonyl (C=O) groups excluding carboxylic acids is 1. The number of aromatic nitrogens is 2. The van der Waals surface area contributed by atoms with Crippen LogP contribution in [0.3, 0.4) is 0 Å². The third kappa shape index (κ3) is 4.71. The summed E-state index contributed by atoms with van der Waals surface area (Å²) in [5, 5.41) is 6.75. The van der Waals surface area contributed by atoms with Crippen LogP contribution in [0.4, 0.5) is 27.6 Å². The molecule has 2 aromatic carbocycles. The van der Waals surface area contributed by atoms with E-state index >= 15 is 0 Å². The number of nitrogens with zero attached hydrogens (tertiary/aromatic N) is 2. The molecule has 0 atom stereocenters. The Balaban J connectivity index is 1.41. The van der Waals surface area contributed by atoms with Crippen molar-refractivity contribution in [2.24, 2.45) is 0 Å². The largest absolute Gasteiger partial charge is 0.479 e. The monoisotopic (exact) mass is 463 g/mol. The van der Waals surface area contributed by atoms with Crippen molar-refractivity contribution < 1.29 is 35.9 Å². The molecule has 2 heterocycles. The average molecular weight is 463 g/mol. The van der Waals surface area contributed by atoms with Gasteiger partial charge in [0.25, 0.3) is 5.91 Å². The van der Waals surface area contributed by atoms with Crippen molar-refractivity contribution in [3.63, 3.8) is 0 Å². The zero-order valence-electron chi connectivity index (χ0n) is 16.6. The predicted octanol–water partition coefficient (Wildman–Crippen LogP) is 5.05. The van der Waals surface area contributed by atoms with Gasteiger partial charge in [-0.1, -0.05) is 12.1 Å². The predicted molar refractivity (Wildman–Crippen MR) is 105 cm³/mol. The third-order valence-corrected chi connectivity index (χ3v) is 4.50. The van der Waals surface area contributed by atoms with E-state index in [1.807, 2.05) is 6.07 Å². The fourth-order valence-corrected chi connectivity index (χ4v) is 2.95. The molecule has 0 radical (unpaired) electrons. The summed E-state index contributed by atoms with van der Waals surface area (Å²) >= 11 is 0. The van der Waals surface area contributed by atoms with Crippen molar-refractivity contribution in [2.75, 3.05) is 5.32 Å². The molecule has 6 nitrogen and oxygen atoms in total. The van der Waals surface area contributed by atoms with E-state index in [0.29, 0.717) is 12.2 Å². The van der Waals surface area contributed by atoms with Crippen molar-refractivity contribution in [1.29, 1.82) is 0 Å². The number of furan rings is 1. The Kier molecular flexibility index (Phi) is 6.11. The van der Waals surface area contributed by atoms with Gasteiger partial charge in [-0.05, 0) is 35.9 Å². The molecule has 4 aromatic rings. The van der Waals surface area contributed by atoms with Gasteiger partial charge >= 0.3 is 0 Å². The van der Waals surface area contributed by atoms with Crippen LogP contribution in [0, 0.1) is 29.1 Å². The number of carbonyl (C=O) groups is 1. The highest BCUT2D eigenvalue weighted by Crippen LogP contribution is 2.30. The second kappa shape index (κ2) is 9.15. The maximum atomic E-state index is 13.7. The molecule has 0 unspecified atom stereocenters. The highest BCUT2D eigenvalue weighted by atomic mass is 19.2. The Hall–Kier alpha value is -4.15. The summed E-state index contributed by atoms with van der Waals surface area (Å²) in [4.78, 5) is 12.4. The summed E-state index contributed by atoms with van der Waals surface area (Å²) < 4.78 is 78.7. The summed E-state index contributed by atoms with van der Waals surface area (Å²) in [7, 11) is 0. The van der Waals surface area contributed by atoms with Crippen LogP contribution in [0.15, 0.2) is 59.3 Å². The number of hydrogen-bond donors (Lipinski definition) is 1. The molecule has 0 bridgehead atoms. The lowest BCUT2D eigenvalue weighted by Crippen LogP contribution is -2.11. The Morgan fingerprint density at radius 2 is 1.70 bits per heavy atom. The molecule has 0 aliphatic rings. The van der Waals surface area contributed by atoms with Gasteiger partial charge in [0.1, 0.15) is 12.4 Å². The van der Waals surface area contributed by atoms with Crippen LogP contribution in [-0.4, -0.2) is 15.7 Å². The summed E-state index contributed by atoms with van der Waals surface area (Å²) in [5.41, 5.74) is 1.37. The molecule has 0 fully saturated rings. The second-order valence-corrected chi connectivity index (χ2v) is 6.81. The van der Waals surface area contributed by atoms with Crippen molar-refractivity contribution in [2.45, 2.75) is 13.2 Å². The molecule has 11 heteroatoms. The Labute approximate surface area is 183 Å². The molecule has 170 valence electrons. The van der Waals surface area contributed by atoms with Gasteiger partial charge in [-0.25, -0.2) is 13.2 Å². The maximum Gasteiger partial charge on any atom is 0.291 e. The van der Waals surface area contributed by atoms with Gasteiger partial charge in [0.2, 0.25) is 29.1 Å². The van der Waals surface area contributed by atoms with E-state index in [2.05, 4.69) is 10.4 Å². The zero-order chi connectivity index (χ0) is 23.5. The van der Waals surface area contributed by atoms with Crippen LogP contribution in [0.2, 0.25) is 0 Å². The summed E-state index contributed by atoms with van der Waals surface area (Å²) in [5.74, 6) is -13.0. The van der Waals surface area contributed by atoms with E-state index in [1.165, 1.54) is 12.1 Å². The topological polar surface area (TPSA) is 69.3 Å². The molecule has 1 amide bonds. The number of rotatable bonds is 7. The van der Waals surface area contributed by atoms with Gasteiger partial charge < -0.3 is 14.5 Å². The number of anilines is 1. The van der Waals surface area contributed by atoms with E-state index in [1.54, 1.807) is 41.3 Å². The molecule has 0 spiro atoms. The third-order valence-electron chi connectivity index (χ3n) is 4.50. The maximum absolute atomic E-state index is 13.7. The summed E-state index contributed by atoms with van der Waals surface area (Å²) in [6, 6.07) is 11.4. The smallest absolute Gasteiger partial charge is 0.291 e. The lowest BCUT2D eigenvalue weighted by atomic mass is 10.2. The fraction of sp³-hybridized carbons (Fsp3) is 0.0909. The Morgan fingerprint density at radius 1 is 0.970 bits per heavy atom. The van der Waals surface area contributed by atoms with Crippen molar-refractivity contribution in [3.8, 4) is 5.75 Å². The Bertz CT molecular complexity index is 1280. The lowest BCUT2D eigenvalue weighted by Gasteiger charge is -2.09. The minimum Gasteiger partial charge on any atom is -0.479 e. The molecule has 2 aromatic heterocycles. The minimum absolute atomic E-state index is 0.0727. The molecule has 1 N–H and O–H groups in total. The van der Waals surface area contributed by atoms with Gasteiger partial charge in [0.05, 0.1) is 6.54 Å². The molecule has 4 rings (SSSR count). The van der Waals surface area contributed by atoms with Crippen LogP contribution in [0.1, 0.15) is 21.9 Å². The zero-order valence-corrected chi connectivity index (χ0v) is 16.6. The van der Waals surface area contributed by atoms with Crippen molar-refractivity contribution in [3.05, 3.63) is 101 Å².